The third-order valence-corrected chi connectivity index (χ3v) is 6.15. The molecule has 0 radical (unpaired) electrons. The van der Waals surface area contributed by atoms with Crippen LogP contribution >= 0.6 is 23.1 Å². The molecule has 2 heterocycles. The molecule has 2 atom stereocenters. The monoisotopic (exact) mass is 363 g/mol. The zero-order valence-corrected chi connectivity index (χ0v) is 15.6. The lowest BCUT2D eigenvalue weighted by Gasteiger charge is -2.15. The molecule has 8 heteroatoms. The van der Waals surface area contributed by atoms with Crippen LogP contribution in [0, 0.1) is 5.92 Å². The van der Waals surface area contributed by atoms with E-state index in [1.165, 1.54) is 16.9 Å². The lowest BCUT2D eigenvalue weighted by molar-refractivity contribution is 0.414. The highest BCUT2D eigenvalue weighted by Gasteiger charge is 2.21. The van der Waals surface area contributed by atoms with Crippen molar-refractivity contribution in [2.45, 2.75) is 36.4 Å². The maximum absolute atomic E-state index is 6.29. The molecule has 0 aliphatic heterocycles. The largest absolute Gasteiger partial charge is 0.497 e. The van der Waals surface area contributed by atoms with Gasteiger partial charge in [-0.1, -0.05) is 55.5 Å². The Morgan fingerprint density at radius 1 is 1.38 bits per heavy atom. The van der Waals surface area contributed by atoms with Gasteiger partial charge in [-0.05, 0) is 23.6 Å². The zero-order valence-electron chi connectivity index (χ0n) is 14.0. The Labute approximate surface area is 149 Å². The van der Waals surface area contributed by atoms with E-state index in [1.54, 1.807) is 23.4 Å². The van der Waals surface area contributed by atoms with Crippen LogP contribution in [0.4, 0.5) is 0 Å². The van der Waals surface area contributed by atoms with E-state index in [-0.39, 0.29) is 6.04 Å². The maximum atomic E-state index is 6.29. The Morgan fingerprint density at radius 3 is 2.96 bits per heavy atom. The van der Waals surface area contributed by atoms with E-state index in [1.807, 2.05) is 18.2 Å². The lowest BCUT2D eigenvalue weighted by atomic mass is 10.00. The quantitative estimate of drug-likeness (QED) is 0.647. The summed E-state index contributed by atoms with van der Waals surface area (Å²) in [6.07, 6.45) is 0.998. The molecule has 0 saturated heterocycles. The molecule has 3 rings (SSSR count). The van der Waals surface area contributed by atoms with Gasteiger partial charge in [-0.25, -0.2) is 0 Å². The number of hydrogen-bond acceptors (Lipinski definition) is 7. The SMILES string of the molecule is CC[C@H](C)[C@H](N)c1nnc2sc(SCc3cccc(OC)c3)nn12. The molecular formula is C16H21N5OS2. The second-order valence-corrected chi connectivity index (χ2v) is 7.85. The molecule has 24 heavy (non-hydrogen) atoms. The van der Waals surface area contributed by atoms with E-state index in [9.17, 15) is 0 Å². The third kappa shape index (κ3) is 3.55. The lowest BCUT2D eigenvalue weighted by Crippen LogP contribution is -2.21. The number of nitrogens with zero attached hydrogens (tertiary/aromatic N) is 4. The van der Waals surface area contributed by atoms with E-state index in [0.717, 1.165) is 33.0 Å². The number of thioether (sulfide) groups is 1. The molecule has 0 unspecified atom stereocenters. The first-order valence-corrected chi connectivity index (χ1v) is 9.66. The van der Waals surface area contributed by atoms with Crippen LogP contribution in [0.5, 0.6) is 5.75 Å². The minimum atomic E-state index is -0.150. The van der Waals surface area contributed by atoms with Crippen LogP contribution in [-0.4, -0.2) is 26.9 Å². The molecule has 0 amide bonds. The molecule has 128 valence electrons. The van der Waals surface area contributed by atoms with Gasteiger partial charge in [0.15, 0.2) is 10.2 Å². The van der Waals surface area contributed by atoms with Gasteiger partial charge in [0.1, 0.15) is 5.75 Å². The van der Waals surface area contributed by atoms with Crippen molar-refractivity contribution in [3.8, 4) is 5.75 Å². The minimum Gasteiger partial charge on any atom is -0.497 e. The van der Waals surface area contributed by atoms with Crippen molar-refractivity contribution in [1.82, 2.24) is 19.8 Å². The summed E-state index contributed by atoms with van der Waals surface area (Å²) in [7, 11) is 1.68. The van der Waals surface area contributed by atoms with Crippen LogP contribution in [0.1, 0.15) is 37.7 Å². The van der Waals surface area contributed by atoms with Gasteiger partial charge in [-0.15, -0.1) is 15.3 Å². The van der Waals surface area contributed by atoms with Crippen molar-refractivity contribution in [3.05, 3.63) is 35.7 Å². The number of hydrogen-bond donors (Lipinski definition) is 1. The Kier molecular flexibility index (Phi) is 5.37. The van der Waals surface area contributed by atoms with Crippen LogP contribution in [0.2, 0.25) is 0 Å². The van der Waals surface area contributed by atoms with Gasteiger partial charge in [-0.2, -0.15) is 4.52 Å². The van der Waals surface area contributed by atoms with Crippen molar-refractivity contribution in [3.63, 3.8) is 0 Å². The van der Waals surface area contributed by atoms with E-state index >= 15 is 0 Å². The summed E-state index contributed by atoms with van der Waals surface area (Å²) in [5.74, 6) is 2.78. The number of aromatic nitrogens is 4. The highest BCUT2D eigenvalue weighted by Crippen LogP contribution is 2.30. The normalized spacial score (nSPS) is 14.0. The van der Waals surface area contributed by atoms with E-state index in [0.29, 0.717) is 5.92 Å². The molecular weight excluding hydrogens is 342 g/mol. The summed E-state index contributed by atoms with van der Waals surface area (Å²) in [4.78, 5) is 0.789. The summed E-state index contributed by atoms with van der Waals surface area (Å²) in [5.41, 5.74) is 7.48. The van der Waals surface area contributed by atoms with Gasteiger partial charge in [0, 0.05) is 5.75 Å². The maximum Gasteiger partial charge on any atom is 0.235 e. The second kappa shape index (κ2) is 7.50. The minimum absolute atomic E-state index is 0.150. The first-order valence-electron chi connectivity index (χ1n) is 7.85. The van der Waals surface area contributed by atoms with Crippen molar-refractivity contribution in [2.24, 2.45) is 11.7 Å². The van der Waals surface area contributed by atoms with Crippen LogP contribution in [0.15, 0.2) is 28.6 Å². The standard InChI is InChI=1S/C16H21N5OS2/c1-4-10(2)13(17)14-18-19-15-21(14)20-16(24-15)23-9-11-6-5-7-12(8-11)22-3/h5-8,10,13H,4,9,17H2,1-3H3/t10-,13-/m0/s1. The van der Waals surface area contributed by atoms with E-state index in [2.05, 4.69) is 35.2 Å². The van der Waals surface area contributed by atoms with Gasteiger partial charge < -0.3 is 10.5 Å². The Balaban J connectivity index is 1.75. The van der Waals surface area contributed by atoms with Gasteiger partial charge in [0.25, 0.3) is 0 Å². The number of methoxy groups -OCH3 is 1. The summed E-state index contributed by atoms with van der Waals surface area (Å²) >= 11 is 3.22. The molecule has 6 nitrogen and oxygen atoms in total. The van der Waals surface area contributed by atoms with Crippen LogP contribution < -0.4 is 10.5 Å². The fraction of sp³-hybridized carbons (Fsp3) is 0.438. The summed E-state index contributed by atoms with van der Waals surface area (Å²) in [6.45, 7) is 4.25. The smallest absolute Gasteiger partial charge is 0.235 e. The number of ether oxygens (including phenoxy) is 1. The Hall–Kier alpha value is -1.64. The predicted molar refractivity (Wildman–Crippen MR) is 97.6 cm³/mol. The summed E-state index contributed by atoms with van der Waals surface area (Å²) < 4.78 is 8.00. The van der Waals surface area contributed by atoms with Gasteiger partial charge in [0.05, 0.1) is 13.2 Å². The van der Waals surface area contributed by atoms with Crippen LogP contribution in [0.3, 0.4) is 0 Å². The number of fused-ring (bicyclic) bond motifs is 1. The molecule has 0 bridgehead atoms. The van der Waals surface area contributed by atoms with E-state index < -0.39 is 0 Å². The third-order valence-electron chi connectivity index (χ3n) is 4.05. The van der Waals surface area contributed by atoms with Crippen molar-refractivity contribution in [1.29, 1.82) is 0 Å². The van der Waals surface area contributed by atoms with Crippen LogP contribution in [-0.2, 0) is 5.75 Å². The Bertz CT molecular complexity index is 816. The first kappa shape index (κ1) is 17.2. The molecule has 3 aromatic rings. The van der Waals surface area contributed by atoms with Crippen molar-refractivity contribution < 1.29 is 4.74 Å². The van der Waals surface area contributed by atoms with Crippen molar-refractivity contribution in [2.75, 3.05) is 7.11 Å². The fourth-order valence-corrected chi connectivity index (χ4v) is 4.12. The summed E-state index contributed by atoms with van der Waals surface area (Å²) in [6, 6.07) is 7.91. The molecule has 1 aromatic carbocycles. The zero-order chi connectivity index (χ0) is 17.1. The predicted octanol–water partition coefficient (Wildman–Crippen LogP) is 3.53. The average Bonchev–Trinajstić information content (AvgIpc) is 3.19. The summed E-state index contributed by atoms with van der Waals surface area (Å²) in [5, 5.41) is 13.1. The highest BCUT2D eigenvalue weighted by atomic mass is 32.2. The molecule has 0 fully saturated rings. The van der Waals surface area contributed by atoms with Gasteiger partial charge in [-0.3, -0.25) is 0 Å². The highest BCUT2D eigenvalue weighted by molar-refractivity contribution is 8.00. The Morgan fingerprint density at radius 2 is 2.21 bits per heavy atom. The number of nitrogens with two attached hydrogens (primary N) is 1. The fourth-order valence-electron chi connectivity index (χ4n) is 2.30. The van der Waals surface area contributed by atoms with Gasteiger partial charge >= 0.3 is 0 Å². The topological polar surface area (TPSA) is 78.3 Å². The molecule has 0 aliphatic rings. The number of rotatable bonds is 7. The first-order chi connectivity index (χ1) is 11.6. The molecule has 2 aromatic heterocycles. The average molecular weight is 364 g/mol. The van der Waals surface area contributed by atoms with Gasteiger partial charge in [0.2, 0.25) is 4.96 Å². The second-order valence-electron chi connectivity index (χ2n) is 5.67. The molecule has 0 aliphatic carbocycles. The molecule has 2 N–H and O–H groups in total. The van der Waals surface area contributed by atoms with E-state index in [4.69, 9.17) is 10.5 Å². The number of benzene rings is 1. The van der Waals surface area contributed by atoms with Crippen LogP contribution in [0.25, 0.3) is 4.96 Å². The molecule has 0 spiro atoms. The van der Waals surface area contributed by atoms with Crippen molar-refractivity contribution >= 4 is 28.1 Å². The molecule has 0 saturated carbocycles.